The van der Waals surface area contributed by atoms with Gasteiger partial charge in [-0.05, 0) is 11.1 Å². The van der Waals surface area contributed by atoms with Crippen LogP contribution < -0.4 is 5.32 Å². The molecule has 0 unspecified atom stereocenters. The van der Waals surface area contributed by atoms with Gasteiger partial charge < -0.3 is 10.1 Å². The lowest BCUT2D eigenvalue weighted by atomic mass is 10.1. The van der Waals surface area contributed by atoms with E-state index in [0.29, 0.717) is 13.0 Å². The molecule has 2 aromatic carbocycles. The first kappa shape index (κ1) is 15.8. The largest absolute Gasteiger partial charge is 0.461 e. The van der Waals surface area contributed by atoms with Crippen molar-refractivity contribution in [2.24, 2.45) is 0 Å². The molecule has 0 aliphatic carbocycles. The lowest BCUT2D eigenvalue weighted by Crippen LogP contribution is -2.27. The number of hydrogen-bond acceptors (Lipinski definition) is 3. The quantitative estimate of drug-likeness (QED) is 0.799. The number of benzene rings is 2. The van der Waals surface area contributed by atoms with Gasteiger partial charge in [-0.15, -0.1) is 0 Å². The van der Waals surface area contributed by atoms with E-state index in [1.54, 1.807) is 0 Å². The Balaban J connectivity index is 1.61. The number of amides is 1. The van der Waals surface area contributed by atoms with Crippen LogP contribution in [-0.2, 0) is 27.4 Å². The van der Waals surface area contributed by atoms with Gasteiger partial charge in [0.2, 0.25) is 5.91 Å². The molecule has 0 saturated carbocycles. The molecule has 4 nitrogen and oxygen atoms in total. The Kier molecular flexibility index (Phi) is 6.18. The second-order valence-electron chi connectivity index (χ2n) is 4.91. The van der Waals surface area contributed by atoms with Crippen LogP contribution in [0.25, 0.3) is 0 Å². The van der Waals surface area contributed by atoms with Crippen LogP contribution >= 0.6 is 0 Å². The van der Waals surface area contributed by atoms with Gasteiger partial charge >= 0.3 is 5.97 Å². The average molecular weight is 297 g/mol. The zero-order chi connectivity index (χ0) is 15.6. The van der Waals surface area contributed by atoms with E-state index in [1.807, 2.05) is 60.7 Å². The van der Waals surface area contributed by atoms with Crippen molar-refractivity contribution in [1.29, 1.82) is 0 Å². The number of ether oxygens (including phenoxy) is 1. The van der Waals surface area contributed by atoms with E-state index in [4.69, 9.17) is 4.74 Å². The first-order chi connectivity index (χ1) is 10.7. The van der Waals surface area contributed by atoms with Crippen molar-refractivity contribution in [3.8, 4) is 0 Å². The molecule has 0 fully saturated rings. The standard InChI is InChI=1S/C18H19NO3/c20-17(13-15-7-3-1-4-8-15)19-12-11-18(21)22-14-16-9-5-2-6-10-16/h1-10H,11-14H2,(H,19,20). The fourth-order valence-corrected chi connectivity index (χ4v) is 1.96. The zero-order valence-corrected chi connectivity index (χ0v) is 12.3. The van der Waals surface area contributed by atoms with Gasteiger partial charge in [0, 0.05) is 6.54 Å². The molecule has 0 aliphatic heterocycles. The third-order valence-corrected chi connectivity index (χ3v) is 3.10. The van der Waals surface area contributed by atoms with Crippen LogP contribution in [-0.4, -0.2) is 18.4 Å². The van der Waals surface area contributed by atoms with Crippen molar-refractivity contribution in [1.82, 2.24) is 5.32 Å². The summed E-state index contributed by atoms with van der Waals surface area (Å²) in [6, 6.07) is 19.0. The molecule has 0 aromatic heterocycles. The van der Waals surface area contributed by atoms with Crippen LogP contribution in [0, 0.1) is 0 Å². The summed E-state index contributed by atoms with van der Waals surface area (Å²) in [5.41, 5.74) is 1.90. The molecule has 0 radical (unpaired) electrons. The van der Waals surface area contributed by atoms with Gasteiger partial charge in [-0.2, -0.15) is 0 Å². The van der Waals surface area contributed by atoms with Crippen LogP contribution in [0.5, 0.6) is 0 Å². The molecule has 114 valence electrons. The van der Waals surface area contributed by atoms with Crippen molar-refractivity contribution in [2.75, 3.05) is 6.54 Å². The van der Waals surface area contributed by atoms with E-state index in [1.165, 1.54) is 0 Å². The molecule has 2 aromatic rings. The highest BCUT2D eigenvalue weighted by Gasteiger charge is 2.06. The molecule has 0 aliphatic rings. The highest BCUT2D eigenvalue weighted by molar-refractivity contribution is 5.79. The molecule has 0 bridgehead atoms. The summed E-state index contributed by atoms with van der Waals surface area (Å²) in [5, 5.41) is 2.72. The van der Waals surface area contributed by atoms with Crippen molar-refractivity contribution < 1.29 is 14.3 Å². The van der Waals surface area contributed by atoms with Crippen molar-refractivity contribution >= 4 is 11.9 Å². The monoisotopic (exact) mass is 297 g/mol. The molecule has 2 rings (SSSR count). The maximum Gasteiger partial charge on any atom is 0.307 e. The molecule has 4 heteroatoms. The van der Waals surface area contributed by atoms with Crippen LogP contribution in [0.2, 0.25) is 0 Å². The third kappa shape index (κ3) is 5.79. The van der Waals surface area contributed by atoms with E-state index in [9.17, 15) is 9.59 Å². The Morgan fingerprint density at radius 2 is 1.45 bits per heavy atom. The second-order valence-corrected chi connectivity index (χ2v) is 4.91. The first-order valence-corrected chi connectivity index (χ1v) is 7.24. The molecule has 1 N–H and O–H groups in total. The van der Waals surface area contributed by atoms with Crippen LogP contribution in [0.15, 0.2) is 60.7 Å². The maximum atomic E-state index is 11.7. The Bertz CT molecular complexity index is 596. The molecule has 0 atom stereocenters. The molecule has 1 amide bonds. The summed E-state index contributed by atoms with van der Waals surface area (Å²) in [4.78, 5) is 23.3. The lowest BCUT2D eigenvalue weighted by molar-refractivity contribution is -0.144. The zero-order valence-electron chi connectivity index (χ0n) is 12.3. The minimum atomic E-state index is -0.316. The van der Waals surface area contributed by atoms with Gasteiger partial charge in [0.25, 0.3) is 0 Å². The van der Waals surface area contributed by atoms with Crippen molar-refractivity contribution in [2.45, 2.75) is 19.4 Å². The SMILES string of the molecule is O=C(Cc1ccccc1)NCCC(=O)OCc1ccccc1. The summed E-state index contributed by atoms with van der Waals surface area (Å²) in [6.45, 7) is 0.553. The Labute approximate surface area is 130 Å². The smallest absolute Gasteiger partial charge is 0.307 e. The fourth-order valence-electron chi connectivity index (χ4n) is 1.96. The number of hydrogen-bond donors (Lipinski definition) is 1. The Hall–Kier alpha value is -2.62. The highest BCUT2D eigenvalue weighted by atomic mass is 16.5. The van der Waals surface area contributed by atoms with E-state index >= 15 is 0 Å². The Morgan fingerprint density at radius 1 is 0.864 bits per heavy atom. The Morgan fingerprint density at radius 3 is 2.09 bits per heavy atom. The number of nitrogens with one attached hydrogen (secondary N) is 1. The van der Waals surface area contributed by atoms with Gasteiger partial charge in [-0.1, -0.05) is 60.7 Å². The van der Waals surface area contributed by atoms with Gasteiger partial charge in [0.1, 0.15) is 6.61 Å². The maximum absolute atomic E-state index is 11.7. The highest BCUT2D eigenvalue weighted by Crippen LogP contribution is 2.02. The van der Waals surface area contributed by atoms with Gasteiger partial charge in [0.05, 0.1) is 12.8 Å². The lowest BCUT2D eigenvalue weighted by Gasteiger charge is -2.06. The van der Waals surface area contributed by atoms with Crippen LogP contribution in [0.3, 0.4) is 0 Å². The van der Waals surface area contributed by atoms with Crippen LogP contribution in [0.1, 0.15) is 17.5 Å². The molecular weight excluding hydrogens is 278 g/mol. The fraction of sp³-hybridized carbons (Fsp3) is 0.222. The first-order valence-electron chi connectivity index (χ1n) is 7.24. The van der Waals surface area contributed by atoms with E-state index in [0.717, 1.165) is 11.1 Å². The minimum Gasteiger partial charge on any atom is -0.461 e. The minimum absolute atomic E-state index is 0.0953. The normalized spacial score (nSPS) is 10.0. The van der Waals surface area contributed by atoms with Crippen molar-refractivity contribution in [3.63, 3.8) is 0 Å². The van der Waals surface area contributed by atoms with E-state index in [2.05, 4.69) is 5.32 Å². The summed E-state index contributed by atoms with van der Waals surface area (Å²) in [5.74, 6) is -0.411. The summed E-state index contributed by atoms with van der Waals surface area (Å²) < 4.78 is 5.14. The molecule has 22 heavy (non-hydrogen) atoms. The van der Waals surface area contributed by atoms with Crippen LogP contribution in [0.4, 0.5) is 0 Å². The summed E-state index contributed by atoms with van der Waals surface area (Å²) in [6.07, 6.45) is 0.493. The molecular formula is C18H19NO3. The van der Waals surface area contributed by atoms with Gasteiger partial charge in [-0.25, -0.2) is 0 Å². The topological polar surface area (TPSA) is 55.4 Å². The van der Waals surface area contributed by atoms with E-state index < -0.39 is 0 Å². The third-order valence-electron chi connectivity index (χ3n) is 3.10. The molecule has 0 heterocycles. The molecule has 0 spiro atoms. The van der Waals surface area contributed by atoms with Crippen molar-refractivity contribution in [3.05, 3.63) is 71.8 Å². The number of carbonyl (C=O) groups is 2. The number of esters is 1. The van der Waals surface area contributed by atoms with E-state index in [-0.39, 0.29) is 24.9 Å². The predicted octanol–water partition coefficient (Wildman–Crippen LogP) is 2.48. The average Bonchev–Trinajstić information content (AvgIpc) is 2.55. The summed E-state index contributed by atoms with van der Waals surface area (Å²) >= 11 is 0. The second kappa shape index (κ2) is 8.62. The summed E-state index contributed by atoms with van der Waals surface area (Å²) in [7, 11) is 0. The number of carbonyl (C=O) groups excluding carboxylic acids is 2. The predicted molar refractivity (Wildman–Crippen MR) is 84.0 cm³/mol. The number of rotatable bonds is 7. The van der Waals surface area contributed by atoms with Gasteiger partial charge in [-0.3, -0.25) is 9.59 Å². The van der Waals surface area contributed by atoms with Gasteiger partial charge in [0.15, 0.2) is 0 Å². The molecule has 0 saturated heterocycles.